The topological polar surface area (TPSA) is 72.6 Å². The molecule has 5 rings (SSSR count). The van der Waals surface area contributed by atoms with Crippen LogP contribution < -0.4 is 0 Å². The largest absolute Gasteiger partial charge is 0.447 e. The first kappa shape index (κ1) is 25.7. The average Bonchev–Trinajstić information content (AvgIpc) is 3.49. The van der Waals surface area contributed by atoms with Crippen LogP contribution in [0.4, 0.5) is 4.79 Å². The molecule has 37 heavy (non-hydrogen) atoms. The number of benzene rings is 1. The zero-order valence-electron chi connectivity index (χ0n) is 22.4. The minimum absolute atomic E-state index is 0.205. The lowest BCUT2D eigenvalue weighted by Gasteiger charge is -2.38. The van der Waals surface area contributed by atoms with Crippen LogP contribution in [0.25, 0.3) is 0 Å². The van der Waals surface area contributed by atoms with Gasteiger partial charge in [-0.05, 0) is 67.8 Å². The number of hydrogen-bond acceptors (Lipinski definition) is 5. The predicted octanol–water partition coefficient (Wildman–Crippen LogP) is 6.81. The van der Waals surface area contributed by atoms with Crippen LogP contribution in [-0.4, -0.2) is 34.7 Å². The molecule has 0 N–H and O–H groups in total. The lowest BCUT2D eigenvalue weighted by Crippen LogP contribution is -2.44. The number of amides is 2. The van der Waals surface area contributed by atoms with Crippen molar-refractivity contribution >= 4 is 12.0 Å². The Kier molecular flexibility index (Phi) is 7.28. The fourth-order valence-electron chi connectivity index (χ4n) is 6.25. The lowest BCUT2D eigenvalue weighted by atomic mass is 9.67. The van der Waals surface area contributed by atoms with E-state index in [2.05, 4.69) is 32.5 Å². The Balaban J connectivity index is 1.31. The van der Waals surface area contributed by atoms with E-state index in [9.17, 15) is 9.59 Å². The molecule has 2 aliphatic carbocycles. The number of hydrogen-bond donors (Lipinski definition) is 0. The number of carbonyl (C=O) groups is 2. The summed E-state index contributed by atoms with van der Waals surface area (Å²) < 4.78 is 11.3. The molecular weight excluding hydrogens is 464 g/mol. The van der Waals surface area contributed by atoms with E-state index in [1.165, 1.54) is 16.9 Å². The van der Waals surface area contributed by atoms with Crippen LogP contribution in [0.2, 0.25) is 0 Å². The van der Waals surface area contributed by atoms with E-state index in [0.29, 0.717) is 36.5 Å². The number of imide groups is 1. The van der Waals surface area contributed by atoms with E-state index >= 15 is 0 Å². The summed E-state index contributed by atoms with van der Waals surface area (Å²) in [5, 5.41) is 4.52. The van der Waals surface area contributed by atoms with Gasteiger partial charge in [0.25, 0.3) is 0 Å². The Bertz CT molecular complexity index is 1120. The molecule has 1 aliphatic heterocycles. The second-order valence-electron chi connectivity index (χ2n) is 12.5. The van der Waals surface area contributed by atoms with Crippen molar-refractivity contribution in [2.75, 3.05) is 6.61 Å². The number of carbonyl (C=O) groups excluding carboxylic acids is 2. The molecule has 198 valence electrons. The van der Waals surface area contributed by atoms with Gasteiger partial charge in [0.2, 0.25) is 5.91 Å². The highest BCUT2D eigenvalue weighted by atomic mass is 16.6. The molecule has 0 spiro atoms. The number of allylic oxidation sites excluding steroid dienone is 1. The summed E-state index contributed by atoms with van der Waals surface area (Å²) in [6, 6.07) is 9.61. The predicted molar refractivity (Wildman–Crippen MR) is 142 cm³/mol. The van der Waals surface area contributed by atoms with Crippen molar-refractivity contribution in [2.45, 2.75) is 90.0 Å². The molecule has 6 nitrogen and oxygen atoms in total. The van der Waals surface area contributed by atoms with Gasteiger partial charge in [-0.1, -0.05) is 62.3 Å². The summed E-state index contributed by atoms with van der Waals surface area (Å²) in [6.45, 7) is 11.0. The van der Waals surface area contributed by atoms with Crippen molar-refractivity contribution in [1.82, 2.24) is 10.1 Å². The fraction of sp³-hybridized carbons (Fsp3) is 0.581. The first-order valence-corrected chi connectivity index (χ1v) is 13.9. The van der Waals surface area contributed by atoms with Crippen molar-refractivity contribution in [3.63, 3.8) is 0 Å². The molecule has 2 saturated carbocycles. The van der Waals surface area contributed by atoms with Gasteiger partial charge in [-0.2, -0.15) is 0 Å². The summed E-state index contributed by atoms with van der Waals surface area (Å²) in [6.07, 6.45) is 8.56. The van der Waals surface area contributed by atoms with Crippen molar-refractivity contribution in [3.05, 3.63) is 65.6 Å². The molecule has 0 bridgehead atoms. The molecule has 1 aromatic heterocycles. The first-order chi connectivity index (χ1) is 17.7. The van der Waals surface area contributed by atoms with Crippen LogP contribution >= 0.6 is 0 Å². The number of cyclic esters (lactones) is 1. The highest BCUT2D eigenvalue weighted by molar-refractivity contribution is 5.95. The van der Waals surface area contributed by atoms with Gasteiger partial charge in [-0.15, -0.1) is 6.58 Å². The van der Waals surface area contributed by atoms with E-state index in [4.69, 9.17) is 9.26 Å². The molecule has 3 aliphatic rings. The second-order valence-corrected chi connectivity index (χ2v) is 12.5. The lowest BCUT2D eigenvalue weighted by molar-refractivity contribution is -0.133. The Morgan fingerprint density at radius 1 is 1.19 bits per heavy atom. The summed E-state index contributed by atoms with van der Waals surface area (Å²) in [7, 11) is 0. The maximum atomic E-state index is 13.8. The van der Waals surface area contributed by atoms with Crippen molar-refractivity contribution in [1.29, 1.82) is 0 Å². The fourth-order valence-corrected chi connectivity index (χ4v) is 6.25. The standard InChI is InChI=1S/C31H40N2O4/c1-5-9-23(29(34)33-25(19-36-30(33)35)16-20-10-7-6-8-11-20)17-26-27(22-12-13-22)28(37-32-26)24-14-21(15-24)18-31(2,3)4/h5-8,10-11,21-25H,1,9,12-19H2,2-4H3/t21?,23?,24?,25-/m0/s1. The molecule has 0 radical (unpaired) electrons. The molecule has 1 saturated heterocycles. The molecule has 2 heterocycles. The third kappa shape index (κ3) is 5.83. The van der Waals surface area contributed by atoms with Crippen LogP contribution in [-0.2, 0) is 22.4 Å². The minimum atomic E-state index is -0.553. The monoisotopic (exact) mass is 504 g/mol. The van der Waals surface area contributed by atoms with E-state index in [-0.39, 0.29) is 18.6 Å². The van der Waals surface area contributed by atoms with E-state index in [0.717, 1.165) is 48.6 Å². The number of nitrogens with zero attached hydrogens (tertiary/aromatic N) is 2. The van der Waals surface area contributed by atoms with Gasteiger partial charge >= 0.3 is 6.09 Å². The van der Waals surface area contributed by atoms with E-state index in [1.807, 2.05) is 30.3 Å². The smallest absolute Gasteiger partial charge is 0.416 e. The van der Waals surface area contributed by atoms with Crippen LogP contribution in [0.5, 0.6) is 0 Å². The highest BCUT2D eigenvalue weighted by Crippen LogP contribution is 2.52. The molecule has 1 aromatic carbocycles. The summed E-state index contributed by atoms with van der Waals surface area (Å²) in [4.78, 5) is 27.7. The molecule has 1 unspecified atom stereocenters. The molecule has 2 atom stereocenters. The van der Waals surface area contributed by atoms with Gasteiger partial charge in [0, 0.05) is 23.8 Å². The van der Waals surface area contributed by atoms with Crippen molar-refractivity contribution in [3.8, 4) is 0 Å². The number of aromatic nitrogens is 1. The SMILES string of the molecule is C=CCC(Cc1noc(C2CC(CC(C)(C)C)C2)c1C1CC1)C(=O)N1C(=O)OC[C@@H]1Cc1ccccc1. The summed E-state index contributed by atoms with van der Waals surface area (Å²) >= 11 is 0. The first-order valence-electron chi connectivity index (χ1n) is 13.9. The van der Waals surface area contributed by atoms with Crippen LogP contribution in [0, 0.1) is 17.3 Å². The minimum Gasteiger partial charge on any atom is -0.447 e. The molecule has 6 heteroatoms. The summed E-state index contributed by atoms with van der Waals surface area (Å²) in [5.74, 6) is 2.08. The zero-order chi connectivity index (χ0) is 26.2. The molecular formula is C31H40N2O4. The third-order valence-electron chi connectivity index (χ3n) is 8.08. The van der Waals surface area contributed by atoms with Crippen molar-refractivity contribution < 1.29 is 18.8 Å². The van der Waals surface area contributed by atoms with Crippen LogP contribution in [0.3, 0.4) is 0 Å². The maximum absolute atomic E-state index is 13.8. The average molecular weight is 505 g/mol. The molecule has 3 fully saturated rings. The zero-order valence-corrected chi connectivity index (χ0v) is 22.4. The van der Waals surface area contributed by atoms with Gasteiger partial charge in [-0.25, -0.2) is 9.69 Å². The van der Waals surface area contributed by atoms with E-state index < -0.39 is 12.0 Å². The second kappa shape index (κ2) is 10.5. The Morgan fingerprint density at radius 3 is 2.57 bits per heavy atom. The Labute approximate surface area is 220 Å². The van der Waals surface area contributed by atoms with Gasteiger partial charge in [-0.3, -0.25) is 4.79 Å². The van der Waals surface area contributed by atoms with Gasteiger partial charge in [0.05, 0.1) is 11.7 Å². The number of ether oxygens (including phenoxy) is 1. The quantitative estimate of drug-likeness (QED) is 0.333. The summed E-state index contributed by atoms with van der Waals surface area (Å²) in [5.41, 5.74) is 3.55. The van der Waals surface area contributed by atoms with Crippen molar-refractivity contribution in [2.24, 2.45) is 17.3 Å². The van der Waals surface area contributed by atoms with Crippen LogP contribution in [0.1, 0.15) is 93.7 Å². The van der Waals surface area contributed by atoms with Gasteiger partial charge in [0.1, 0.15) is 12.4 Å². The molecule has 2 aromatic rings. The normalized spacial score (nSPS) is 24.5. The van der Waals surface area contributed by atoms with E-state index in [1.54, 1.807) is 6.08 Å². The number of rotatable bonds is 10. The Morgan fingerprint density at radius 2 is 1.92 bits per heavy atom. The van der Waals surface area contributed by atoms with Gasteiger partial charge in [0.15, 0.2) is 0 Å². The Hall–Kier alpha value is -2.89. The van der Waals surface area contributed by atoms with Gasteiger partial charge < -0.3 is 9.26 Å². The highest BCUT2D eigenvalue weighted by Gasteiger charge is 2.44. The third-order valence-corrected chi connectivity index (χ3v) is 8.08. The van der Waals surface area contributed by atoms with Crippen LogP contribution in [0.15, 0.2) is 47.5 Å². The molecule has 2 amide bonds. The maximum Gasteiger partial charge on any atom is 0.416 e.